The highest BCUT2D eigenvalue weighted by molar-refractivity contribution is 5.89. The molecule has 0 aromatic carbocycles. The lowest BCUT2D eigenvalue weighted by Gasteiger charge is -1.99. The molecule has 0 fully saturated rings. The number of carbonyl (C=O) groups excluding carboxylic acids is 1. The molecule has 0 saturated carbocycles. The number of aliphatic hydroxyl groups is 1. The first-order valence-electron chi connectivity index (χ1n) is 7.00. The van der Waals surface area contributed by atoms with Crippen LogP contribution in [-0.2, 0) is 9.59 Å². The Morgan fingerprint density at radius 3 is 2.35 bits per heavy atom. The summed E-state index contributed by atoms with van der Waals surface area (Å²) in [5, 5.41) is 17.9. The van der Waals surface area contributed by atoms with E-state index in [-0.39, 0.29) is 12.2 Å². The van der Waals surface area contributed by atoms with Crippen LogP contribution < -0.4 is 0 Å². The minimum Gasteiger partial charge on any atom is -0.481 e. The van der Waals surface area contributed by atoms with Crippen molar-refractivity contribution in [2.45, 2.75) is 51.6 Å². The van der Waals surface area contributed by atoms with Gasteiger partial charge in [0.15, 0.2) is 5.78 Å². The molecule has 0 radical (unpaired) electrons. The summed E-state index contributed by atoms with van der Waals surface area (Å²) in [6.45, 7) is 2.01. The molecule has 0 heterocycles. The molecule has 0 bridgehead atoms. The first-order valence-corrected chi connectivity index (χ1v) is 7.00. The summed E-state index contributed by atoms with van der Waals surface area (Å²) in [4.78, 5) is 21.7. The summed E-state index contributed by atoms with van der Waals surface area (Å²) in [6.07, 6.45) is 13.0. The van der Waals surface area contributed by atoms with Crippen molar-refractivity contribution >= 4 is 11.8 Å². The molecule has 0 aromatic heterocycles. The summed E-state index contributed by atoms with van der Waals surface area (Å²) >= 11 is 0. The molecule has 0 aromatic rings. The van der Waals surface area contributed by atoms with Crippen LogP contribution >= 0.6 is 0 Å². The number of aliphatic carboxylic acids is 1. The van der Waals surface area contributed by atoms with Gasteiger partial charge in [-0.15, -0.1) is 0 Å². The van der Waals surface area contributed by atoms with Crippen molar-refractivity contribution in [3.8, 4) is 0 Å². The normalized spacial score (nSPS) is 13.5. The third-order valence-electron chi connectivity index (χ3n) is 2.60. The molecule has 1 atom stereocenters. The van der Waals surface area contributed by atoms with Crippen LogP contribution in [0.25, 0.3) is 0 Å². The lowest BCUT2D eigenvalue weighted by molar-refractivity contribution is -0.137. The summed E-state index contributed by atoms with van der Waals surface area (Å²) < 4.78 is 0. The number of carboxylic acids is 1. The lowest BCUT2D eigenvalue weighted by atomic mass is 10.1. The molecule has 0 aliphatic carbocycles. The molecule has 112 valence electrons. The van der Waals surface area contributed by atoms with Crippen LogP contribution in [0.5, 0.6) is 0 Å². The Labute approximate surface area is 120 Å². The number of aliphatic hydroxyl groups excluding tert-OH is 1. The minimum atomic E-state index is -0.826. The van der Waals surface area contributed by atoms with Crippen molar-refractivity contribution in [2.75, 3.05) is 0 Å². The molecule has 20 heavy (non-hydrogen) atoms. The van der Waals surface area contributed by atoms with Crippen molar-refractivity contribution in [1.82, 2.24) is 0 Å². The van der Waals surface area contributed by atoms with Crippen molar-refractivity contribution in [2.24, 2.45) is 0 Å². The smallest absolute Gasteiger partial charge is 0.303 e. The number of rotatable bonds is 11. The fourth-order valence-corrected chi connectivity index (χ4v) is 1.53. The van der Waals surface area contributed by atoms with E-state index >= 15 is 0 Å². The van der Waals surface area contributed by atoms with Crippen molar-refractivity contribution in [1.29, 1.82) is 0 Å². The first-order chi connectivity index (χ1) is 9.56. The van der Waals surface area contributed by atoms with E-state index in [0.717, 1.165) is 12.8 Å². The Balaban J connectivity index is 3.77. The quantitative estimate of drug-likeness (QED) is 0.346. The molecule has 0 amide bonds. The van der Waals surface area contributed by atoms with Crippen molar-refractivity contribution < 1.29 is 19.8 Å². The van der Waals surface area contributed by atoms with E-state index in [0.29, 0.717) is 19.3 Å². The highest BCUT2D eigenvalue weighted by atomic mass is 16.4. The number of allylic oxidation sites excluding steroid dienone is 5. The lowest BCUT2D eigenvalue weighted by Crippen LogP contribution is -1.99. The SMILES string of the molecule is CCCC(O)C=CC=CC=CC(=O)CCCCC(=O)O. The van der Waals surface area contributed by atoms with Gasteiger partial charge in [0.25, 0.3) is 0 Å². The highest BCUT2D eigenvalue weighted by Gasteiger charge is 1.99. The third kappa shape index (κ3) is 12.8. The zero-order valence-electron chi connectivity index (χ0n) is 12.0. The van der Waals surface area contributed by atoms with Gasteiger partial charge in [-0.3, -0.25) is 9.59 Å². The van der Waals surface area contributed by atoms with Gasteiger partial charge in [-0.25, -0.2) is 0 Å². The van der Waals surface area contributed by atoms with E-state index in [1.165, 1.54) is 6.08 Å². The number of hydrogen-bond acceptors (Lipinski definition) is 3. The van der Waals surface area contributed by atoms with Gasteiger partial charge in [0.2, 0.25) is 0 Å². The Hall–Kier alpha value is -1.68. The average Bonchev–Trinajstić information content (AvgIpc) is 2.39. The van der Waals surface area contributed by atoms with Crippen LogP contribution in [0.15, 0.2) is 36.5 Å². The van der Waals surface area contributed by atoms with Gasteiger partial charge in [0.1, 0.15) is 0 Å². The Kier molecular flexibility index (Phi) is 11.3. The number of hydrogen-bond donors (Lipinski definition) is 2. The molecule has 0 rings (SSSR count). The summed E-state index contributed by atoms with van der Waals surface area (Å²) in [6, 6.07) is 0. The van der Waals surface area contributed by atoms with Crippen LogP contribution in [0.4, 0.5) is 0 Å². The Morgan fingerprint density at radius 1 is 1.05 bits per heavy atom. The zero-order chi connectivity index (χ0) is 15.2. The zero-order valence-corrected chi connectivity index (χ0v) is 12.0. The number of carbonyl (C=O) groups is 2. The monoisotopic (exact) mass is 280 g/mol. The fourth-order valence-electron chi connectivity index (χ4n) is 1.53. The molecule has 0 spiro atoms. The van der Waals surface area contributed by atoms with Gasteiger partial charge in [-0.1, -0.05) is 43.7 Å². The minimum absolute atomic E-state index is 0.00460. The summed E-state index contributed by atoms with van der Waals surface area (Å²) in [5.41, 5.74) is 0. The van der Waals surface area contributed by atoms with Crippen molar-refractivity contribution in [3.63, 3.8) is 0 Å². The van der Waals surface area contributed by atoms with Crippen LogP contribution in [0, 0.1) is 0 Å². The van der Waals surface area contributed by atoms with Gasteiger partial charge in [-0.2, -0.15) is 0 Å². The van der Waals surface area contributed by atoms with Gasteiger partial charge in [0, 0.05) is 12.8 Å². The largest absolute Gasteiger partial charge is 0.481 e. The molecule has 0 aliphatic rings. The fraction of sp³-hybridized carbons (Fsp3) is 0.500. The van der Waals surface area contributed by atoms with Crippen LogP contribution in [0.1, 0.15) is 45.4 Å². The van der Waals surface area contributed by atoms with E-state index in [9.17, 15) is 14.7 Å². The molecule has 2 N–H and O–H groups in total. The van der Waals surface area contributed by atoms with E-state index in [1.807, 2.05) is 6.92 Å². The average molecular weight is 280 g/mol. The molecule has 4 heteroatoms. The number of carboxylic acid groups (broad SMARTS) is 1. The molecular weight excluding hydrogens is 256 g/mol. The van der Waals surface area contributed by atoms with Crippen LogP contribution in [-0.4, -0.2) is 28.1 Å². The highest BCUT2D eigenvalue weighted by Crippen LogP contribution is 2.01. The molecule has 0 aliphatic heterocycles. The van der Waals surface area contributed by atoms with Crippen LogP contribution in [0.3, 0.4) is 0 Å². The van der Waals surface area contributed by atoms with Gasteiger partial charge < -0.3 is 10.2 Å². The molecule has 4 nitrogen and oxygen atoms in total. The summed E-state index contributed by atoms with van der Waals surface area (Å²) in [7, 11) is 0. The van der Waals surface area contributed by atoms with Crippen LogP contribution in [0.2, 0.25) is 0 Å². The maximum absolute atomic E-state index is 11.4. The summed E-state index contributed by atoms with van der Waals surface area (Å²) in [5.74, 6) is -0.831. The van der Waals surface area contributed by atoms with Gasteiger partial charge in [0.05, 0.1) is 6.10 Å². The molecule has 1 unspecified atom stereocenters. The Bertz CT molecular complexity index is 367. The predicted octanol–water partition coefficient (Wildman–Crippen LogP) is 3.03. The van der Waals surface area contributed by atoms with Crippen molar-refractivity contribution in [3.05, 3.63) is 36.5 Å². The first kappa shape index (κ1) is 18.3. The second kappa shape index (κ2) is 12.4. The number of ketones is 1. The van der Waals surface area contributed by atoms with E-state index in [4.69, 9.17) is 5.11 Å². The maximum atomic E-state index is 11.4. The molecule has 0 saturated heterocycles. The van der Waals surface area contributed by atoms with E-state index < -0.39 is 12.1 Å². The Morgan fingerprint density at radius 2 is 1.70 bits per heavy atom. The molecular formula is C16H24O4. The topological polar surface area (TPSA) is 74.6 Å². The maximum Gasteiger partial charge on any atom is 0.303 e. The second-order valence-corrected chi connectivity index (χ2v) is 4.55. The predicted molar refractivity (Wildman–Crippen MR) is 79.4 cm³/mol. The second-order valence-electron chi connectivity index (χ2n) is 4.55. The standard InChI is InChI=1S/C16H24O4/c1-2-9-14(17)10-5-3-4-6-11-15(18)12-7-8-13-16(19)20/h3-6,10-11,14,17H,2,7-9,12-13H2,1H3,(H,19,20). The van der Waals surface area contributed by atoms with Gasteiger partial charge in [-0.05, 0) is 25.3 Å². The van der Waals surface area contributed by atoms with E-state index in [2.05, 4.69) is 0 Å². The van der Waals surface area contributed by atoms with Gasteiger partial charge >= 0.3 is 5.97 Å². The van der Waals surface area contributed by atoms with E-state index in [1.54, 1.807) is 30.4 Å². The number of unbranched alkanes of at least 4 members (excludes halogenated alkanes) is 1. The third-order valence-corrected chi connectivity index (χ3v) is 2.60.